The summed E-state index contributed by atoms with van der Waals surface area (Å²) >= 11 is 0. The number of ether oxygens (including phenoxy) is 3. The summed E-state index contributed by atoms with van der Waals surface area (Å²) in [5.74, 6) is 1.39. The van der Waals surface area contributed by atoms with E-state index in [1.165, 1.54) is 6.07 Å². The van der Waals surface area contributed by atoms with Crippen LogP contribution in [-0.4, -0.2) is 43.2 Å². The summed E-state index contributed by atoms with van der Waals surface area (Å²) in [5.41, 5.74) is 3.99. The molecule has 4 aromatic rings. The van der Waals surface area contributed by atoms with Crippen molar-refractivity contribution in [2.75, 3.05) is 27.3 Å². The number of aromatic nitrogens is 2. The molecular formula is C28H29N3O5. The van der Waals surface area contributed by atoms with E-state index in [4.69, 9.17) is 17.0 Å². The van der Waals surface area contributed by atoms with Crippen LogP contribution in [0.3, 0.4) is 0 Å². The van der Waals surface area contributed by atoms with Gasteiger partial charge in [0, 0.05) is 23.3 Å². The first-order valence-electron chi connectivity index (χ1n) is 12.7. The molecule has 1 amide bonds. The van der Waals surface area contributed by atoms with E-state index in [1.807, 2.05) is 45.0 Å². The fourth-order valence-electron chi connectivity index (χ4n) is 3.98. The number of hydrogen-bond acceptors (Lipinski definition) is 6. The van der Waals surface area contributed by atoms with Crippen molar-refractivity contribution in [3.63, 3.8) is 0 Å². The zero-order chi connectivity index (χ0) is 27.2. The second-order valence-electron chi connectivity index (χ2n) is 8.43. The van der Waals surface area contributed by atoms with Crippen molar-refractivity contribution in [3.05, 3.63) is 81.1 Å². The number of carbonyl (C=O) groups excluding carboxylic acids is 1. The highest BCUT2D eigenvalue weighted by molar-refractivity contribution is 5.94. The maximum Gasteiger partial charge on any atom is 0.262 e. The van der Waals surface area contributed by atoms with Gasteiger partial charge >= 0.3 is 0 Å². The Labute approximate surface area is 212 Å². The van der Waals surface area contributed by atoms with E-state index >= 15 is 0 Å². The van der Waals surface area contributed by atoms with Crippen LogP contribution in [0, 0.1) is 20.8 Å². The molecule has 0 bridgehead atoms. The van der Waals surface area contributed by atoms with Crippen molar-refractivity contribution in [2.45, 2.75) is 20.8 Å². The minimum absolute atomic E-state index is 0.156. The van der Waals surface area contributed by atoms with Crippen molar-refractivity contribution in [1.29, 1.82) is 0 Å². The predicted molar refractivity (Wildman–Crippen MR) is 139 cm³/mol. The summed E-state index contributed by atoms with van der Waals surface area (Å²) in [6.45, 7) is 6.41. The number of nitrogens with zero attached hydrogens (tertiary/aromatic N) is 1. The number of amides is 1. The molecule has 0 spiro atoms. The summed E-state index contributed by atoms with van der Waals surface area (Å²) in [6, 6.07) is 14.1. The lowest BCUT2D eigenvalue weighted by molar-refractivity contribution is 0.0947. The van der Waals surface area contributed by atoms with Crippen molar-refractivity contribution in [3.8, 4) is 28.6 Å². The van der Waals surface area contributed by atoms with Crippen LogP contribution in [0.5, 0.6) is 17.2 Å². The van der Waals surface area contributed by atoms with Crippen molar-refractivity contribution >= 4 is 16.8 Å². The molecule has 0 fully saturated rings. The van der Waals surface area contributed by atoms with Crippen LogP contribution in [0.1, 0.15) is 29.8 Å². The summed E-state index contributed by atoms with van der Waals surface area (Å²) in [6.07, 6.45) is 0. The highest BCUT2D eigenvalue weighted by Gasteiger charge is 2.15. The molecule has 0 aliphatic rings. The predicted octanol–water partition coefficient (Wildman–Crippen LogP) is 4.34. The smallest absolute Gasteiger partial charge is 0.262 e. The van der Waals surface area contributed by atoms with Gasteiger partial charge in [0.15, 0.2) is 0 Å². The van der Waals surface area contributed by atoms with Gasteiger partial charge in [0.2, 0.25) is 0 Å². The molecule has 4 rings (SSSR count). The second kappa shape index (κ2) is 10.5. The molecule has 36 heavy (non-hydrogen) atoms. The lowest BCUT2D eigenvalue weighted by atomic mass is 10.0. The summed E-state index contributed by atoms with van der Waals surface area (Å²) in [5, 5.41) is 3.07. The highest BCUT2D eigenvalue weighted by atomic mass is 16.5. The van der Waals surface area contributed by atoms with E-state index in [-0.39, 0.29) is 31.2 Å². The minimum atomic E-state index is -0.411. The topological polar surface area (TPSA) is 103 Å². The van der Waals surface area contributed by atoms with Crippen LogP contribution >= 0.6 is 0 Å². The summed E-state index contributed by atoms with van der Waals surface area (Å²) < 4.78 is 31.2. The number of rotatable bonds is 8. The number of carbonyl (C=O) groups is 1. The third-order valence-electron chi connectivity index (χ3n) is 5.75. The van der Waals surface area contributed by atoms with E-state index in [0.717, 1.165) is 16.7 Å². The van der Waals surface area contributed by atoms with Gasteiger partial charge in [-0.25, -0.2) is 4.98 Å². The Morgan fingerprint density at radius 1 is 1.03 bits per heavy atom. The Hall–Kier alpha value is -4.33. The number of fused-ring (bicyclic) bond motifs is 1. The fourth-order valence-corrected chi connectivity index (χ4v) is 3.98. The van der Waals surface area contributed by atoms with Crippen molar-refractivity contribution in [1.82, 2.24) is 15.3 Å². The average Bonchev–Trinajstić information content (AvgIpc) is 2.88. The van der Waals surface area contributed by atoms with E-state index < -0.39 is 5.56 Å². The van der Waals surface area contributed by atoms with Crippen molar-refractivity contribution < 1.29 is 21.7 Å². The molecule has 0 atom stereocenters. The number of methoxy groups -OCH3 is 2. The molecule has 2 N–H and O–H groups in total. The largest absolute Gasteiger partial charge is 0.497 e. The molecule has 0 aliphatic carbocycles. The zero-order valence-electron chi connectivity index (χ0n) is 22.4. The number of aromatic amines is 1. The molecule has 0 saturated heterocycles. The SMILES string of the molecule is [2H]COc1cc(OC[2H])c2c(=O)[nH]c(-c3cc(C)c(OCCNC(=O)c4ccc(C)cc4)c(C)c3)nc2c1. The van der Waals surface area contributed by atoms with E-state index in [1.54, 1.807) is 18.2 Å². The Balaban J connectivity index is 1.53. The molecule has 186 valence electrons. The molecule has 8 heteroatoms. The van der Waals surface area contributed by atoms with Crippen molar-refractivity contribution in [2.24, 2.45) is 0 Å². The van der Waals surface area contributed by atoms with Gasteiger partial charge in [-0.3, -0.25) is 9.59 Å². The second-order valence-corrected chi connectivity index (χ2v) is 8.43. The first-order valence-corrected chi connectivity index (χ1v) is 11.3. The molecule has 1 heterocycles. The maximum absolute atomic E-state index is 12.9. The molecule has 0 saturated carbocycles. The van der Waals surface area contributed by atoms with Crippen LogP contribution in [0.25, 0.3) is 22.3 Å². The molecule has 1 aromatic heterocycles. The first-order chi connectivity index (χ1) is 18.3. The van der Waals surface area contributed by atoms with Gasteiger partial charge in [0.1, 0.15) is 35.1 Å². The number of nitrogens with one attached hydrogen (secondary N) is 2. The third kappa shape index (κ3) is 5.17. The summed E-state index contributed by atoms with van der Waals surface area (Å²) in [4.78, 5) is 32.7. The highest BCUT2D eigenvalue weighted by Crippen LogP contribution is 2.31. The number of aryl methyl sites for hydroxylation is 3. The van der Waals surface area contributed by atoms with Gasteiger partial charge in [-0.15, -0.1) is 0 Å². The third-order valence-corrected chi connectivity index (χ3v) is 5.75. The molecule has 0 aliphatic heterocycles. The van der Waals surface area contributed by atoms with Gasteiger partial charge in [-0.2, -0.15) is 0 Å². The fraction of sp³-hybridized carbons (Fsp3) is 0.250. The lowest BCUT2D eigenvalue weighted by Crippen LogP contribution is -2.28. The van der Waals surface area contributed by atoms with Gasteiger partial charge in [-0.1, -0.05) is 17.7 Å². The molecule has 0 radical (unpaired) electrons. The molecule has 3 aromatic carbocycles. The van der Waals surface area contributed by atoms with Gasteiger partial charge in [-0.05, 0) is 56.2 Å². The first kappa shape index (κ1) is 22.2. The normalized spacial score (nSPS) is 11.5. The van der Waals surface area contributed by atoms with E-state index in [0.29, 0.717) is 47.1 Å². The quantitative estimate of drug-likeness (QED) is 0.357. The monoisotopic (exact) mass is 489 g/mol. The number of hydrogen-bond donors (Lipinski definition) is 2. The van der Waals surface area contributed by atoms with Gasteiger partial charge in [0.25, 0.3) is 11.5 Å². The number of benzene rings is 3. The van der Waals surface area contributed by atoms with Crippen LogP contribution in [-0.2, 0) is 0 Å². The Morgan fingerprint density at radius 3 is 2.44 bits per heavy atom. The molecule has 8 nitrogen and oxygen atoms in total. The average molecular weight is 490 g/mol. The number of H-pyrrole nitrogens is 1. The zero-order valence-corrected chi connectivity index (χ0v) is 20.4. The van der Waals surface area contributed by atoms with Gasteiger partial charge < -0.3 is 24.5 Å². The van der Waals surface area contributed by atoms with Crippen LogP contribution in [0.4, 0.5) is 0 Å². The minimum Gasteiger partial charge on any atom is -0.497 e. The Bertz CT molecular complexity index is 1500. The molecular weight excluding hydrogens is 458 g/mol. The van der Waals surface area contributed by atoms with Crippen LogP contribution in [0.15, 0.2) is 53.3 Å². The van der Waals surface area contributed by atoms with E-state index in [2.05, 4.69) is 15.3 Å². The Kier molecular flexibility index (Phi) is 6.47. The molecule has 0 unspecified atom stereocenters. The van der Waals surface area contributed by atoms with E-state index in [9.17, 15) is 9.59 Å². The Morgan fingerprint density at radius 2 is 1.75 bits per heavy atom. The summed E-state index contributed by atoms with van der Waals surface area (Å²) in [7, 11) is -0.687. The van der Waals surface area contributed by atoms with Crippen LogP contribution in [0.2, 0.25) is 0 Å². The standard InChI is InChI=1S/C28H29N3O5/c1-16-6-8-19(9-7-16)27(32)29-10-11-36-25-17(2)12-20(13-18(25)3)26-30-22-14-21(34-4)15-23(35-5)24(22)28(33)31-26/h6-9,12-15H,10-11H2,1-5H3,(H,29,32)(H,30,31,33)/i4D,5D. The lowest BCUT2D eigenvalue weighted by Gasteiger charge is -2.15. The van der Waals surface area contributed by atoms with Crippen LogP contribution < -0.4 is 25.1 Å². The maximum atomic E-state index is 12.9. The van der Waals surface area contributed by atoms with Gasteiger partial charge in [0.05, 0.1) is 29.0 Å².